The minimum absolute atomic E-state index is 0.269. The van der Waals surface area contributed by atoms with E-state index in [2.05, 4.69) is 4.99 Å². The van der Waals surface area contributed by atoms with Crippen LogP contribution in [0.4, 0.5) is 5.69 Å². The van der Waals surface area contributed by atoms with Gasteiger partial charge in [0.1, 0.15) is 5.75 Å². The summed E-state index contributed by atoms with van der Waals surface area (Å²) in [7, 11) is 9.87. The summed E-state index contributed by atoms with van der Waals surface area (Å²) >= 11 is -0.826. The number of para-hydroxylation sites is 1. The summed E-state index contributed by atoms with van der Waals surface area (Å²) in [4.78, 5) is 4.45. The van der Waals surface area contributed by atoms with Crippen LogP contribution in [0.1, 0.15) is 11.1 Å². The van der Waals surface area contributed by atoms with E-state index >= 15 is 0 Å². The van der Waals surface area contributed by atoms with Crippen molar-refractivity contribution in [3.05, 3.63) is 83.9 Å². The van der Waals surface area contributed by atoms with Gasteiger partial charge in [-0.3, -0.25) is 4.99 Å². The molecule has 126 valence electrons. The number of hydrogen-bond donors (Lipinski definition) is 1. The van der Waals surface area contributed by atoms with Crippen LogP contribution in [0.3, 0.4) is 0 Å². The van der Waals surface area contributed by atoms with E-state index in [1.807, 2.05) is 79.7 Å². The van der Waals surface area contributed by atoms with Gasteiger partial charge in [0.2, 0.25) is 0 Å². The predicted octanol–water partition coefficient (Wildman–Crippen LogP) is 6.49. The molecule has 0 spiro atoms. The fourth-order valence-electron chi connectivity index (χ4n) is 2.38. The van der Waals surface area contributed by atoms with Gasteiger partial charge in [0.05, 0.1) is 5.69 Å². The first-order valence-electron chi connectivity index (χ1n) is 7.60. The standard InChI is InChI=1S/C20H17NO.2ClH.Zr/c1-15-12-13-18(16-8-4-2-5-9-16)20(22)19(15)14-21-17-10-6-3-7-11-17;;;/h2-14,22H,1H3;2*1H;/q;;;+2/p-2. The van der Waals surface area contributed by atoms with Crippen LogP contribution in [0.2, 0.25) is 0 Å². The van der Waals surface area contributed by atoms with Crippen molar-refractivity contribution >= 4 is 28.9 Å². The van der Waals surface area contributed by atoms with E-state index in [1.54, 1.807) is 6.21 Å². The molecule has 2 nitrogen and oxygen atoms in total. The molecule has 0 atom stereocenters. The van der Waals surface area contributed by atoms with Gasteiger partial charge < -0.3 is 5.11 Å². The average molecular weight is 449 g/mol. The van der Waals surface area contributed by atoms with Crippen molar-refractivity contribution in [2.75, 3.05) is 0 Å². The fraction of sp³-hybridized carbons (Fsp3) is 0.0500. The van der Waals surface area contributed by atoms with Crippen molar-refractivity contribution in [1.82, 2.24) is 0 Å². The molecule has 25 heavy (non-hydrogen) atoms. The molecule has 0 radical (unpaired) electrons. The molecule has 0 unspecified atom stereocenters. The molecule has 0 fully saturated rings. The van der Waals surface area contributed by atoms with Crippen molar-refractivity contribution in [3.8, 4) is 16.9 Å². The second-order valence-electron chi connectivity index (χ2n) is 5.22. The second-order valence-corrected chi connectivity index (χ2v) is 8.96. The van der Waals surface area contributed by atoms with Crippen molar-refractivity contribution in [2.24, 2.45) is 4.99 Å². The normalized spacial score (nSPS) is 10.2. The number of nitrogens with zero attached hydrogens (tertiary/aromatic N) is 1. The zero-order valence-electron chi connectivity index (χ0n) is 13.7. The zero-order chi connectivity index (χ0) is 18.1. The predicted molar refractivity (Wildman–Crippen MR) is 104 cm³/mol. The van der Waals surface area contributed by atoms with Crippen LogP contribution in [0.25, 0.3) is 11.1 Å². The van der Waals surface area contributed by atoms with E-state index in [9.17, 15) is 5.11 Å². The van der Waals surface area contributed by atoms with Gasteiger partial charge in [-0.2, -0.15) is 0 Å². The van der Waals surface area contributed by atoms with Gasteiger partial charge in [-0.05, 0) is 30.2 Å². The van der Waals surface area contributed by atoms with Gasteiger partial charge in [-0.1, -0.05) is 60.7 Å². The number of hydrogen-bond acceptors (Lipinski definition) is 2. The van der Waals surface area contributed by atoms with E-state index < -0.39 is 20.8 Å². The molecule has 5 heteroatoms. The Balaban J connectivity index is 0.000000701. The Hall–Kier alpha value is -1.41. The average Bonchev–Trinajstić information content (AvgIpc) is 2.64. The topological polar surface area (TPSA) is 32.6 Å². The molecule has 3 aromatic carbocycles. The summed E-state index contributed by atoms with van der Waals surface area (Å²) in [6, 6.07) is 23.5. The Kier molecular flexibility index (Phi) is 8.41. The van der Waals surface area contributed by atoms with Crippen LogP contribution in [0.15, 0.2) is 77.8 Å². The number of halogens is 2. The summed E-state index contributed by atoms with van der Waals surface area (Å²) in [5.74, 6) is 0.269. The summed E-state index contributed by atoms with van der Waals surface area (Å²) in [6.45, 7) is 1.97. The molecule has 1 N–H and O–H groups in total. The molecule has 0 aromatic heterocycles. The number of aliphatic imine (C=N–C) groups is 1. The Bertz CT molecular complexity index is 824. The number of phenolic OH excluding ortho intramolecular Hbond substituents is 1. The van der Waals surface area contributed by atoms with E-state index in [0.717, 1.165) is 27.9 Å². The van der Waals surface area contributed by atoms with Gasteiger partial charge >= 0.3 is 37.9 Å². The molecule has 0 aliphatic rings. The first-order valence-corrected chi connectivity index (χ1v) is 13.9. The molecule has 0 saturated heterocycles. The van der Waals surface area contributed by atoms with Crippen LogP contribution < -0.4 is 0 Å². The van der Waals surface area contributed by atoms with Crippen LogP contribution in [-0.2, 0) is 20.8 Å². The molecular weight excluding hydrogens is 432 g/mol. The molecule has 3 aromatic rings. The molecular formula is C20H17Cl2NOZr. The molecule has 0 amide bonds. The summed E-state index contributed by atoms with van der Waals surface area (Å²) < 4.78 is 0. The fourth-order valence-corrected chi connectivity index (χ4v) is 2.38. The van der Waals surface area contributed by atoms with Crippen molar-refractivity contribution in [2.45, 2.75) is 6.92 Å². The number of aryl methyl sites for hydroxylation is 1. The maximum absolute atomic E-state index is 10.6. The van der Waals surface area contributed by atoms with Crippen LogP contribution in [0, 0.1) is 6.92 Å². The number of rotatable bonds is 3. The van der Waals surface area contributed by atoms with Crippen LogP contribution >= 0.6 is 17.0 Å². The number of phenols is 1. The van der Waals surface area contributed by atoms with Gasteiger partial charge in [-0.15, -0.1) is 0 Å². The molecule has 0 bridgehead atoms. The van der Waals surface area contributed by atoms with Crippen LogP contribution in [-0.4, -0.2) is 11.3 Å². The second kappa shape index (κ2) is 10.6. The quantitative estimate of drug-likeness (QED) is 0.455. The Morgan fingerprint density at radius 2 is 1.44 bits per heavy atom. The molecule has 3 rings (SSSR count). The molecule has 0 aliphatic heterocycles. The Morgan fingerprint density at radius 3 is 2.04 bits per heavy atom. The zero-order valence-corrected chi connectivity index (χ0v) is 17.6. The van der Waals surface area contributed by atoms with E-state index in [0.29, 0.717) is 0 Å². The van der Waals surface area contributed by atoms with Gasteiger partial charge in [0.15, 0.2) is 0 Å². The van der Waals surface area contributed by atoms with Gasteiger partial charge in [0.25, 0.3) is 0 Å². The monoisotopic (exact) mass is 447 g/mol. The molecule has 0 aliphatic carbocycles. The van der Waals surface area contributed by atoms with Gasteiger partial charge in [-0.25, -0.2) is 0 Å². The maximum atomic E-state index is 10.6. The Morgan fingerprint density at radius 1 is 0.880 bits per heavy atom. The summed E-state index contributed by atoms with van der Waals surface area (Å²) in [5, 5.41) is 10.6. The van der Waals surface area contributed by atoms with E-state index in [-0.39, 0.29) is 5.75 Å². The van der Waals surface area contributed by atoms with Crippen molar-refractivity contribution < 1.29 is 26.0 Å². The summed E-state index contributed by atoms with van der Waals surface area (Å²) in [5.41, 5.74) is 4.43. The minimum atomic E-state index is -0.826. The molecule has 0 saturated carbocycles. The first-order chi connectivity index (χ1) is 12.2. The van der Waals surface area contributed by atoms with E-state index in [1.165, 1.54) is 0 Å². The molecule has 0 heterocycles. The third kappa shape index (κ3) is 5.81. The first kappa shape index (κ1) is 19.9. The third-order valence-corrected chi connectivity index (χ3v) is 3.62. The number of aromatic hydroxyl groups is 1. The Labute approximate surface area is 166 Å². The summed E-state index contributed by atoms with van der Waals surface area (Å²) in [6.07, 6.45) is 1.73. The third-order valence-electron chi connectivity index (χ3n) is 3.62. The van der Waals surface area contributed by atoms with E-state index in [4.69, 9.17) is 17.0 Å². The van der Waals surface area contributed by atoms with Gasteiger partial charge in [0, 0.05) is 17.3 Å². The van der Waals surface area contributed by atoms with Crippen molar-refractivity contribution in [3.63, 3.8) is 0 Å². The van der Waals surface area contributed by atoms with Crippen molar-refractivity contribution in [1.29, 1.82) is 0 Å². The van der Waals surface area contributed by atoms with Crippen LogP contribution in [0.5, 0.6) is 5.75 Å². The number of benzene rings is 3. The SMILES string of the molecule is Cc1ccc(-c2ccccc2)c(O)c1C=Nc1ccccc1.[Cl][Zr][Cl].